The van der Waals surface area contributed by atoms with Gasteiger partial charge in [-0.25, -0.2) is 0 Å². The Morgan fingerprint density at radius 3 is 1.14 bits per heavy atom. The van der Waals surface area contributed by atoms with Gasteiger partial charge in [0.2, 0.25) is 0 Å². The number of aliphatic hydroxyl groups excluding tert-OH is 6. The Bertz CT molecular complexity index is 1570. The number of hydrogen-bond acceptors (Lipinski definition) is 13. The van der Waals surface area contributed by atoms with Crippen LogP contribution in [0.5, 0.6) is 11.5 Å². The number of aliphatic hydroxyl groups is 6. The Balaban J connectivity index is 0. The van der Waals surface area contributed by atoms with Crippen LogP contribution in [-0.4, -0.2) is 179 Å². The summed E-state index contributed by atoms with van der Waals surface area (Å²) in [5.74, 6) is 14.5. The Kier molecular flexibility index (Phi) is 41.9. The van der Waals surface area contributed by atoms with E-state index in [1.165, 1.54) is 0 Å². The molecular formula is C46H69I2N3O12. The Hall–Kier alpha value is -3.24. The summed E-state index contributed by atoms with van der Waals surface area (Å²) >= 11 is 4.39. The minimum absolute atomic E-state index is 0. The van der Waals surface area contributed by atoms with Gasteiger partial charge in [-0.1, -0.05) is 37.0 Å². The number of terminal acetylenes is 1. The topological polar surface area (TPSA) is 224 Å². The van der Waals surface area contributed by atoms with Crippen LogP contribution in [0.15, 0.2) is 36.4 Å². The van der Waals surface area contributed by atoms with Crippen molar-refractivity contribution in [3.63, 3.8) is 0 Å². The summed E-state index contributed by atoms with van der Waals surface area (Å²) in [7, 11) is 0. The van der Waals surface area contributed by atoms with Gasteiger partial charge >= 0.3 is 11.9 Å². The minimum Gasteiger partial charge on any atom is -0.493 e. The van der Waals surface area contributed by atoms with Crippen molar-refractivity contribution in [1.82, 2.24) is 14.7 Å². The second-order valence-corrected chi connectivity index (χ2v) is 15.9. The van der Waals surface area contributed by atoms with Crippen LogP contribution in [-0.2, 0) is 9.59 Å². The molecule has 0 saturated heterocycles. The van der Waals surface area contributed by atoms with Crippen molar-refractivity contribution in [3.8, 4) is 47.5 Å². The van der Waals surface area contributed by atoms with Crippen molar-refractivity contribution in [2.24, 2.45) is 0 Å². The van der Waals surface area contributed by atoms with Crippen LogP contribution in [0.3, 0.4) is 0 Å². The number of halogens is 2. The lowest BCUT2D eigenvalue weighted by Gasteiger charge is -2.18. The quantitative estimate of drug-likeness (QED) is 0.0432. The summed E-state index contributed by atoms with van der Waals surface area (Å²) in [5.41, 5.74) is 1.38. The average molecular weight is 1110 g/mol. The lowest BCUT2D eigenvalue weighted by atomic mass is 10.1. The molecule has 0 atom stereocenters. The van der Waals surface area contributed by atoms with Gasteiger partial charge in [-0.3, -0.25) is 24.3 Å². The van der Waals surface area contributed by atoms with E-state index in [4.69, 9.17) is 56.7 Å². The lowest BCUT2D eigenvalue weighted by molar-refractivity contribution is -0.138. The highest BCUT2D eigenvalue weighted by atomic mass is 127. The summed E-state index contributed by atoms with van der Waals surface area (Å²) in [4.78, 5) is 27.3. The first-order chi connectivity index (χ1) is 29.9. The van der Waals surface area contributed by atoms with Crippen LogP contribution in [0.25, 0.3) is 0 Å². The van der Waals surface area contributed by atoms with Gasteiger partial charge in [0, 0.05) is 97.2 Å². The summed E-state index contributed by atoms with van der Waals surface area (Å²) in [5, 5.41) is 70.9. The molecule has 0 radical (unpaired) electrons. The van der Waals surface area contributed by atoms with Gasteiger partial charge in [-0.2, -0.15) is 0 Å². The molecule has 63 heavy (non-hydrogen) atoms. The van der Waals surface area contributed by atoms with Gasteiger partial charge in [0.25, 0.3) is 0 Å². The van der Waals surface area contributed by atoms with Gasteiger partial charge in [-0.15, -0.1) is 6.42 Å². The van der Waals surface area contributed by atoms with Crippen LogP contribution in [0.1, 0.15) is 69.9 Å². The molecule has 0 spiro atoms. The second kappa shape index (κ2) is 42.7. The largest absolute Gasteiger partial charge is 0.493 e. The van der Waals surface area contributed by atoms with Crippen LogP contribution in [0.4, 0.5) is 0 Å². The number of ether oxygens (including phenoxy) is 2. The number of hydrogen-bond donors (Lipinski definition) is 8. The fraction of sp³-hybridized carbons (Fsp3) is 0.565. The zero-order valence-electron chi connectivity index (χ0n) is 35.5. The molecule has 354 valence electrons. The molecule has 0 saturated carbocycles. The number of carboxylic acids is 2. The summed E-state index contributed by atoms with van der Waals surface area (Å²) in [6.45, 7) is 6.93. The molecule has 0 unspecified atom stereocenters. The molecule has 0 heterocycles. The molecule has 0 aliphatic rings. The smallest absolute Gasteiger partial charge is 0.306 e. The molecule has 0 amide bonds. The van der Waals surface area contributed by atoms with E-state index in [0.717, 1.165) is 38.8 Å². The minimum atomic E-state index is -0.942. The third-order valence-electron chi connectivity index (χ3n) is 8.09. The number of carboxylic acid groups (broad SMARTS) is 2. The predicted octanol–water partition coefficient (Wildman–Crippen LogP) is 3.45. The SMILES string of the molecule is C.C#CCN(CCCO)CCCO.O=C(O)CCOc1cc(C#CCN(CCCO)CCCO)cc(C#CCN(CCCO)CCCO)c1.O=C(O)CCOc1cc(I)cc(I)c1. The second-order valence-electron chi connectivity index (χ2n) is 13.4. The molecular weight excluding hydrogens is 1040 g/mol. The van der Waals surface area contributed by atoms with E-state index < -0.39 is 11.9 Å². The highest BCUT2D eigenvalue weighted by Gasteiger charge is 2.06. The number of rotatable bonds is 29. The molecule has 2 aromatic carbocycles. The van der Waals surface area contributed by atoms with Crippen molar-refractivity contribution in [1.29, 1.82) is 0 Å². The van der Waals surface area contributed by atoms with Crippen LogP contribution < -0.4 is 9.47 Å². The fourth-order valence-corrected chi connectivity index (χ4v) is 7.04. The Morgan fingerprint density at radius 2 is 0.841 bits per heavy atom. The maximum absolute atomic E-state index is 10.8. The highest BCUT2D eigenvalue weighted by molar-refractivity contribution is 14.1. The zero-order valence-corrected chi connectivity index (χ0v) is 39.8. The van der Waals surface area contributed by atoms with E-state index in [9.17, 15) is 9.59 Å². The third kappa shape index (κ3) is 36.8. The first kappa shape index (κ1) is 61.8. The van der Waals surface area contributed by atoms with Crippen LogP contribution in [0.2, 0.25) is 0 Å². The lowest BCUT2D eigenvalue weighted by Crippen LogP contribution is -2.27. The van der Waals surface area contributed by atoms with Gasteiger partial charge in [0.05, 0.1) is 45.7 Å². The predicted molar refractivity (Wildman–Crippen MR) is 263 cm³/mol. The average Bonchev–Trinajstić information content (AvgIpc) is 3.23. The van der Waals surface area contributed by atoms with E-state index in [2.05, 4.69) is 84.6 Å². The van der Waals surface area contributed by atoms with Crippen molar-refractivity contribution in [2.45, 2.75) is 58.8 Å². The first-order valence-corrected chi connectivity index (χ1v) is 22.6. The van der Waals surface area contributed by atoms with Crippen LogP contribution in [0, 0.1) is 43.2 Å². The van der Waals surface area contributed by atoms with Crippen molar-refractivity contribution >= 4 is 57.1 Å². The molecule has 15 nitrogen and oxygen atoms in total. The van der Waals surface area contributed by atoms with E-state index in [0.29, 0.717) is 88.4 Å². The molecule has 0 bridgehead atoms. The van der Waals surface area contributed by atoms with Crippen LogP contribution >= 0.6 is 45.2 Å². The number of carbonyl (C=O) groups is 2. The van der Waals surface area contributed by atoms with Gasteiger partial charge in [0.15, 0.2) is 0 Å². The molecule has 2 aromatic rings. The molecule has 0 aromatic heterocycles. The first-order valence-electron chi connectivity index (χ1n) is 20.5. The summed E-state index contributed by atoms with van der Waals surface area (Å²) < 4.78 is 13.1. The molecule has 2 rings (SSSR count). The third-order valence-corrected chi connectivity index (χ3v) is 9.34. The molecule has 8 N–H and O–H groups in total. The van der Waals surface area contributed by atoms with Gasteiger partial charge in [0.1, 0.15) is 11.5 Å². The van der Waals surface area contributed by atoms with Crippen molar-refractivity contribution in [3.05, 3.63) is 54.7 Å². The van der Waals surface area contributed by atoms with Gasteiger partial charge in [-0.05, 0) is 120 Å². The van der Waals surface area contributed by atoms with E-state index in [1.54, 1.807) is 12.1 Å². The van der Waals surface area contributed by atoms with Crippen molar-refractivity contribution in [2.75, 3.05) is 112 Å². The molecule has 0 fully saturated rings. The zero-order chi connectivity index (χ0) is 46.2. The molecule has 0 aliphatic heterocycles. The maximum atomic E-state index is 10.8. The fourth-order valence-electron chi connectivity index (χ4n) is 5.16. The highest BCUT2D eigenvalue weighted by Crippen LogP contribution is 2.20. The monoisotopic (exact) mass is 1110 g/mol. The number of aliphatic carboxylic acids is 2. The maximum Gasteiger partial charge on any atom is 0.306 e. The molecule has 0 aliphatic carbocycles. The molecule has 17 heteroatoms. The Labute approximate surface area is 402 Å². The van der Waals surface area contributed by atoms with Crippen molar-refractivity contribution < 1.29 is 59.9 Å². The Morgan fingerprint density at radius 1 is 0.524 bits per heavy atom. The standard InChI is InChI=1S/C27H40N2O7.C9H8I2O3.C9H17NO2.CH4/c30-16-3-12-28(13-4-17-31)10-1-7-24-21-25(23-26(22-24)36-20-9-27(34)35)8-2-11-29(14-5-18-32)15-6-19-33;10-6-3-7(11)5-8(4-6)14-2-1-9(12)13;1-2-5-10(6-3-8-11)7-4-9-12;/h21-23,30-33H,3-6,9-20H2,(H,34,35);3-5H,1-2H2,(H,12,13);1,11-12H,3-9H2;1H4. The number of nitrogens with zero attached hydrogens (tertiary/aromatic N) is 3. The van der Waals surface area contributed by atoms with Gasteiger partial charge < -0.3 is 50.3 Å². The van der Waals surface area contributed by atoms with E-state index >= 15 is 0 Å². The number of benzene rings is 2. The van der Waals surface area contributed by atoms with E-state index in [-0.39, 0.29) is 73.1 Å². The van der Waals surface area contributed by atoms with E-state index in [1.807, 2.05) is 29.2 Å². The summed E-state index contributed by atoms with van der Waals surface area (Å²) in [6.07, 6.45) is 9.08. The summed E-state index contributed by atoms with van der Waals surface area (Å²) in [6, 6.07) is 11.1. The normalized spacial score (nSPS) is 10.2.